The average Bonchev–Trinajstić information content (AvgIpc) is 3.89. The zero-order valence-electron chi connectivity index (χ0n) is 32.7. The average molecular weight is 723 g/mol. The number of aliphatic hydroxyl groups is 1. The number of hydrogen-bond acceptors (Lipinski definition) is 10. The molecule has 5 aliphatic heterocycles. The molecule has 8 bridgehead atoms. The molecule has 1 aliphatic carbocycles. The Hall–Kier alpha value is -4.57. The van der Waals surface area contributed by atoms with Gasteiger partial charge in [-0.3, -0.25) is 9.59 Å². The highest BCUT2D eigenvalue weighted by atomic mass is 16.5. The minimum atomic E-state index is -1.07. The first-order valence-electron chi connectivity index (χ1n) is 19.2. The van der Waals surface area contributed by atoms with E-state index < -0.39 is 11.9 Å². The van der Waals surface area contributed by atoms with Gasteiger partial charge in [0.15, 0.2) is 0 Å². The molecule has 0 spiro atoms. The van der Waals surface area contributed by atoms with E-state index in [-0.39, 0.29) is 36.1 Å². The zero-order valence-corrected chi connectivity index (χ0v) is 32.7. The summed E-state index contributed by atoms with van der Waals surface area (Å²) in [6.07, 6.45) is 13.2. The molecule has 6 aliphatic rings. The molecule has 10 heteroatoms. The zero-order chi connectivity index (χ0) is 38.1. The maximum atomic E-state index is 13.5. The number of fused-ring (bicyclic) bond motifs is 5. The Morgan fingerprint density at radius 3 is 2.32 bits per heavy atom. The van der Waals surface area contributed by atoms with E-state index in [0.717, 1.165) is 81.3 Å². The molecule has 5 heterocycles. The second-order valence-electron chi connectivity index (χ2n) is 14.7. The van der Waals surface area contributed by atoms with E-state index >= 15 is 0 Å². The summed E-state index contributed by atoms with van der Waals surface area (Å²) in [6.45, 7) is 15.3. The molecular formula is C43H54N4O6. The number of unbranched alkanes of at least 4 members (excludes halogenated alkanes) is 4. The van der Waals surface area contributed by atoms with Gasteiger partial charge in [-0.25, -0.2) is 15.0 Å². The first kappa shape index (κ1) is 38.2. The van der Waals surface area contributed by atoms with E-state index in [1.54, 1.807) is 0 Å². The van der Waals surface area contributed by atoms with Gasteiger partial charge in [-0.15, -0.1) is 0 Å². The summed E-state index contributed by atoms with van der Waals surface area (Å²) in [5.41, 5.74) is 12.3. The number of methoxy groups -OCH3 is 2. The lowest BCUT2D eigenvalue weighted by atomic mass is 9.84. The van der Waals surface area contributed by atoms with Gasteiger partial charge in [-0.1, -0.05) is 46.5 Å². The van der Waals surface area contributed by atoms with Gasteiger partial charge in [0.1, 0.15) is 11.7 Å². The molecule has 282 valence electrons. The molecule has 0 radical (unpaired) electrons. The number of esters is 2. The molecule has 4 atom stereocenters. The maximum Gasteiger partial charge on any atom is 0.321 e. The number of aliphatic hydroxyl groups excluding tert-OH is 1. The first-order chi connectivity index (χ1) is 25.4. The second-order valence-corrected chi connectivity index (χ2v) is 14.7. The number of ether oxygens (including phenoxy) is 3. The lowest BCUT2D eigenvalue weighted by molar-refractivity contribution is -0.143. The third kappa shape index (κ3) is 6.98. The molecule has 1 saturated heterocycles. The summed E-state index contributed by atoms with van der Waals surface area (Å²) in [5, 5.41) is 15.4. The number of nitrogens with one attached hydrogen (secondary N) is 1. The van der Waals surface area contributed by atoms with Crippen LogP contribution in [0.1, 0.15) is 99.8 Å². The van der Waals surface area contributed by atoms with Gasteiger partial charge in [0.05, 0.1) is 54.5 Å². The van der Waals surface area contributed by atoms with Crippen molar-refractivity contribution in [2.45, 2.75) is 106 Å². The van der Waals surface area contributed by atoms with Crippen LogP contribution in [-0.4, -0.2) is 61.1 Å². The molecule has 6 rings (SSSR count). The second kappa shape index (κ2) is 15.8. The number of carbonyl (C=O) groups is 2. The van der Waals surface area contributed by atoms with Crippen molar-refractivity contribution in [2.24, 2.45) is 32.7 Å². The van der Waals surface area contributed by atoms with E-state index in [1.807, 2.05) is 13.0 Å². The van der Waals surface area contributed by atoms with Gasteiger partial charge in [-0.2, -0.15) is 0 Å². The van der Waals surface area contributed by atoms with Gasteiger partial charge in [-0.05, 0) is 87.5 Å². The Labute approximate surface area is 313 Å². The van der Waals surface area contributed by atoms with Crippen LogP contribution >= 0.6 is 0 Å². The number of hydrogen-bond donors (Lipinski definition) is 2. The third-order valence-electron chi connectivity index (χ3n) is 11.6. The summed E-state index contributed by atoms with van der Waals surface area (Å²) >= 11 is 0. The summed E-state index contributed by atoms with van der Waals surface area (Å²) in [5.74, 6) is -2.36. The minimum Gasteiger partial charge on any atom is -0.510 e. The smallest absolute Gasteiger partial charge is 0.321 e. The monoisotopic (exact) mass is 722 g/mol. The van der Waals surface area contributed by atoms with Gasteiger partial charge < -0.3 is 24.6 Å². The first-order valence-corrected chi connectivity index (χ1v) is 19.2. The Bertz CT molecular complexity index is 1960. The van der Waals surface area contributed by atoms with Crippen molar-refractivity contribution in [3.63, 3.8) is 0 Å². The Kier molecular flexibility index (Phi) is 11.4. The Morgan fingerprint density at radius 1 is 0.906 bits per heavy atom. The van der Waals surface area contributed by atoms with Crippen LogP contribution in [0.2, 0.25) is 0 Å². The summed E-state index contributed by atoms with van der Waals surface area (Å²) in [6, 6.07) is 0. The fourth-order valence-electron chi connectivity index (χ4n) is 8.45. The fraction of sp³-hybridized carbons (Fsp3) is 0.512. The van der Waals surface area contributed by atoms with Crippen LogP contribution in [0.25, 0.3) is 0 Å². The van der Waals surface area contributed by atoms with Crippen LogP contribution in [0.5, 0.6) is 0 Å². The lowest BCUT2D eigenvalue weighted by Crippen LogP contribution is -2.25. The molecule has 1 unspecified atom stereocenters. The molecule has 0 aromatic carbocycles. The topological polar surface area (TPSA) is 131 Å². The van der Waals surface area contributed by atoms with Crippen molar-refractivity contribution in [3.8, 4) is 0 Å². The highest BCUT2D eigenvalue weighted by molar-refractivity contribution is 6.24. The van der Waals surface area contributed by atoms with Crippen molar-refractivity contribution in [1.29, 1.82) is 0 Å². The Balaban J connectivity index is 1.55. The van der Waals surface area contributed by atoms with Gasteiger partial charge in [0.2, 0.25) is 0 Å². The molecule has 53 heavy (non-hydrogen) atoms. The van der Waals surface area contributed by atoms with Crippen molar-refractivity contribution in [1.82, 2.24) is 5.32 Å². The molecule has 2 N–H and O–H groups in total. The SMILES string of the molecule is CCCCCCCO[C@H](C)C1=C(C)C2=NC1=CC1=NC(=CC3=C(C)C4=C(O)C(C(=O)OC)C(=C5NC(=C2)[C@@H](C)[C@@H]5CCC(=O)OC)C4=N3)C(CC)=C1C. The molecule has 0 aromatic rings. The van der Waals surface area contributed by atoms with Crippen LogP contribution in [0.4, 0.5) is 0 Å². The largest absolute Gasteiger partial charge is 0.510 e. The highest BCUT2D eigenvalue weighted by Gasteiger charge is 2.49. The van der Waals surface area contributed by atoms with E-state index in [1.165, 1.54) is 33.5 Å². The van der Waals surface area contributed by atoms with E-state index in [4.69, 9.17) is 29.2 Å². The predicted octanol–water partition coefficient (Wildman–Crippen LogP) is 8.39. The molecule has 0 amide bonds. The van der Waals surface area contributed by atoms with E-state index in [9.17, 15) is 14.7 Å². The minimum absolute atomic E-state index is 0.0859. The Morgan fingerprint density at radius 2 is 1.62 bits per heavy atom. The molecule has 0 aromatic heterocycles. The third-order valence-corrected chi connectivity index (χ3v) is 11.6. The van der Waals surface area contributed by atoms with Gasteiger partial charge in [0.25, 0.3) is 0 Å². The highest BCUT2D eigenvalue weighted by Crippen LogP contribution is 2.49. The molecular weight excluding hydrogens is 668 g/mol. The van der Waals surface area contributed by atoms with E-state index in [2.05, 4.69) is 59.0 Å². The fourth-order valence-corrected chi connectivity index (χ4v) is 8.45. The quantitative estimate of drug-likeness (QED) is 0.144. The van der Waals surface area contributed by atoms with Crippen molar-refractivity contribution in [2.75, 3.05) is 20.8 Å². The maximum absolute atomic E-state index is 13.5. The van der Waals surface area contributed by atoms with Crippen molar-refractivity contribution < 1.29 is 28.9 Å². The molecule has 0 saturated carbocycles. The number of allylic oxidation sites excluding steroid dienone is 10. The van der Waals surface area contributed by atoms with Gasteiger partial charge in [0, 0.05) is 53.0 Å². The van der Waals surface area contributed by atoms with Crippen LogP contribution < -0.4 is 5.32 Å². The standard InChI is InChI=1S/C43H54N4O6/c1-10-12-13-14-15-18-53-26(7)36-24(5)31-19-30-23(4)28(16-17-35(48)51-8)40(46-30)38-39(43(50)52-9)42(49)37-25(6)32(47-41(37)38)20-33-27(11-2)22(3)29(44-33)21-34(36)45-31/h19-21,23,26,28,39,46,49H,10-18H2,1-9H3/t23-,26+,28-,39?/m0/s1. The van der Waals surface area contributed by atoms with E-state index in [0.29, 0.717) is 35.6 Å². The summed E-state index contributed by atoms with van der Waals surface area (Å²) in [4.78, 5) is 41.5. The van der Waals surface area contributed by atoms with Crippen LogP contribution in [0.15, 0.2) is 106 Å². The predicted molar refractivity (Wildman–Crippen MR) is 208 cm³/mol. The molecule has 1 fully saturated rings. The number of nitrogens with zero attached hydrogens (tertiary/aromatic N) is 3. The normalized spacial score (nSPS) is 24.0. The summed E-state index contributed by atoms with van der Waals surface area (Å²) in [7, 11) is 2.71. The number of rotatable bonds is 13. The van der Waals surface area contributed by atoms with Crippen LogP contribution in [-0.2, 0) is 23.8 Å². The number of carbonyl (C=O) groups excluding carboxylic acids is 2. The van der Waals surface area contributed by atoms with Crippen LogP contribution in [0.3, 0.4) is 0 Å². The number of aliphatic imine (C=N–C) groups is 3. The molecule has 10 nitrogen and oxygen atoms in total. The lowest BCUT2D eigenvalue weighted by Gasteiger charge is -2.20. The van der Waals surface area contributed by atoms with Gasteiger partial charge >= 0.3 is 11.9 Å². The van der Waals surface area contributed by atoms with Crippen molar-refractivity contribution >= 4 is 29.1 Å². The summed E-state index contributed by atoms with van der Waals surface area (Å²) < 4.78 is 16.8. The van der Waals surface area contributed by atoms with Crippen LogP contribution in [0, 0.1) is 17.8 Å². The van der Waals surface area contributed by atoms with Crippen molar-refractivity contribution in [3.05, 3.63) is 91.5 Å².